The van der Waals surface area contributed by atoms with Crippen molar-refractivity contribution < 1.29 is 14.7 Å². The van der Waals surface area contributed by atoms with Gasteiger partial charge in [-0.2, -0.15) is 5.10 Å². The quantitative estimate of drug-likeness (QED) is 0.465. The van der Waals surface area contributed by atoms with Gasteiger partial charge in [-0.05, 0) is 29.8 Å². The summed E-state index contributed by atoms with van der Waals surface area (Å²) in [6, 6.07) is 16.1. The van der Waals surface area contributed by atoms with Crippen molar-refractivity contribution in [2.75, 3.05) is 5.75 Å². The van der Waals surface area contributed by atoms with Gasteiger partial charge in [0.2, 0.25) is 5.91 Å². The summed E-state index contributed by atoms with van der Waals surface area (Å²) >= 11 is 1.61. The van der Waals surface area contributed by atoms with Crippen LogP contribution in [0.2, 0.25) is 0 Å². The Morgan fingerprint density at radius 3 is 2.43 bits per heavy atom. The standard InChI is InChI=1S/C17H16N2O3S/c20-16(10-11-23-15-4-2-1-3-5-15)19-18-12-13-6-8-14(9-7-13)17(21)22/h1-9,12H,10-11H2,(H,19,20)(H,21,22)/b18-12-. The van der Waals surface area contributed by atoms with Crippen molar-refractivity contribution in [3.05, 3.63) is 65.7 Å². The van der Waals surface area contributed by atoms with Crippen molar-refractivity contribution in [2.45, 2.75) is 11.3 Å². The number of carboxylic acids is 1. The summed E-state index contributed by atoms with van der Waals surface area (Å²) in [5.74, 6) is -0.455. The van der Waals surface area contributed by atoms with Crippen molar-refractivity contribution in [3.8, 4) is 0 Å². The van der Waals surface area contributed by atoms with E-state index in [2.05, 4.69) is 10.5 Å². The molecule has 0 aliphatic rings. The molecule has 6 heteroatoms. The highest BCUT2D eigenvalue weighted by atomic mass is 32.2. The highest BCUT2D eigenvalue weighted by Crippen LogP contribution is 2.17. The normalized spacial score (nSPS) is 10.6. The largest absolute Gasteiger partial charge is 0.478 e. The molecule has 0 saturated carbocycles. The average molecular weight is 328 g/mol. The maximum absolute atomic E-state index is 11.7. The molecule has 0 heterocycles. The molecule has 0 fully saturated rings. The molecule has 0 aromatic heterocycles. The number of amides is 1. The molecule has 0 saturated heterocycles. The number of nitrogens with one attached hydrogen (secondary N) is 1. The first kappa shape index (κ1) is 16.8. The predicted octanol–water partition coefficient (Wildman–Crippen LogP) is 3.02. The van der Waals surface area contributed by atoms with E-state index in [-0.39, 0.29) is 11.5 Å². The molecule has 2 aromatic rings. The molecule has 2 rings (SSSR count). The van der Waals surface area contributed by atoms with Crippen LogP contribution in [0.5, 0.6) is 0 Å². The van der Waals surface area contributed by atoms with Crippen molar-refractivity contribution >= 4 is 29.9 Å². The van der Waals surface area contributed by atoms with Gasteiger partial charge in [0.05, 0.1) is 11.8 Å². The number of carboxylic acid groups (broad SMARTS) is 1. The molecule has 0 aliphatic heterocycles. The van der Waals surface area contributed by atoms with Crippen LogP contribution in [0.15, 0.2) is 64.6 Å². The number of thioether (sulfide) groups is 1. The molecule has 0 atom stereocenters. The highest BCUT2D eigenvalue weighted by molar-refractivity contribution is 7.99. The van der Waals surface area contributed by atoms with Crippen molar-refractivity contribution in [3.63, 3.8) is 0 Å². The maximum Gasteiger partial charge on any atom is 0.335 e. The molecule has 23 heavy (non-hydrogen) atoms. The SMILES string of the molecule is O=C(CCSc1ccccc1)N/N=C\c1ccc(C(=O)O)cc1. The smallest absolute Gasteiger partial charge is 0.335 e. The van der Waals surface area contributed by atoms with E-state index < -0.39 is 5.97 Å². The van der Waals surface area contributed by atoms with E-state index >= 15 is 0 Å². The molecule has 0 bridgehead atoms. The summed E-state index contributed by atoms with van der Waals surface area (Å²) in [7, 11) is 0. The Morgan fingerprint density at radius 1 is 1.09 bits per heavy atom. The zero-order valence-corrected chi connectivity index (χ0v) is 13.1. The summed E-state index contributed by atoms with van der Waals surface area (Å²) in [6.45, 7) is 0. The molecule has 118 valence electrons. The zero-order valence-electron chi connectivity index (χ0n) is 12.3. The summed E-state index contributed by atoms with van der Waals surface area (Å²) in [5.41, 5.74) is 3.38. The van der Waals surface area contributed by atoms with Gasteiger partial charge < -0.3 is 5.11 Å². The number of hydrogen-bond acceptors (Lipinski definition) is 4. The van der Waals surface area contributed by atoms with Gasteiger partial charge in [-0.3, -0.25) is 4.79 Å². The minimum Gasteiger partial charge on any atom is -0.478 e. The lowest BCUT2D eigenvalue weighted by Gasteiger charge is -2.01. The third-order valence-electron chi connectivity index (χ3n) is 2.90. The molecule has 5 nitrogen and oxygen atoms in total. The number of aromatic carboxylic acids is 1. The summed E-state index contributed by atoms with van der Waals surface area (Å²) in [4.78, 5) is 23.5. The number of carbonyl (C=O) groups excluding carboxylic acids is 1. The van der Waals surface area contributed by atoms with Crippen LogP contribution in [0.1, 0.15) is 22.3 Å². The lowest BCUT2D eigenvalue weighted by Crippen LogP contribution is -2.17. The molecular weight excluding hydrogens is 312 g/mol. The van der Waals surface area contributed by atoms with Crippen LogP contribution in [-0.2, 0) is 4.79 Å². The van der Waals surface area contributed by atoms with Crippen LogP contribution in [0.3, 0.4) is 0 Å². The van der Waals surface area contributed by atoms with Gasteiger partial charge in [0, 0.05) is 17.1 Å². The van der Waals surface area contributed by atoms with Crippen LogP contribution in [-0.4, -0.2) is 29.0 Å². The van der Waals surface area contributed by atoms with E-state index in [0.29, 0.717) is 17.7 Å². The van der Waals surface area contributed by atoms with E-state index in [4.69, 9.17) is 5.11 Å². The molecule has 2 N–H and O–H groups in total. The maximum atomic E-state index is 11.7. The summed E-state index contributed by atoms with van der Waals surface area (Å²) < 4.78 is 0. The lowest BCUT2D eigenvalue weighted by atomic mass is 10.1. The van der Waals surface area contributed by atoms with Crippen molar-refractivity contribution in [2.24, 2.45) is 5.10 Å². The van der Waals surface area contributed by atoms with E-state index in [1.54, 1.807) is 23.9 Å². The number of hydrogen-bond donors (Lipinski definition) is 2. The topological polar surface area (TPSA) is 78.8 Å². The van der Waals surface area contributed by atoms with Gasteiger partial charge in [-0.25, -0.2) is 10.2 Å². The van der Waals surface area contributed by atoms with Gasteiger partial charge >= 0.3 is 5.97 Å². The van der Waals surface area contributed by atoms with Crippen LogP contribution >= 0.6 is 11.8 Å². The molecule has 1 amide bonds. The van der Waals surface area contributed by atoms with Gasteiger partial charge in [-0.1, -0.05) is 30.3 Å². The number of carbonyl (C=O) groups is 2. The average Bonchev–Trinajstić information content (AvgIpc) is 2.56. The molecule has 0 radical (unpaired) electrons. The fourth-order valence-corrected chi connectivity index (χ4v) is 2.60. The first-order valence-corrected chi connectivity index (χ1v) is 7.97. The highest BCUT2D eigenvalue weighted by Gasteiger charge is 2.02. The van der Waals surface area contributed by atoms with Gasteiger partial charge in [-0.15, -0.1) is 11.8 Å². The third-order valence-corrected chi connectivity index (χ3v) is 3.92. The number of hydrazone groups is 1. The van der Waals surface area contributed by atoms with Gasteiger partial charge in [0.1, 0.15) is 0 Å². The van der Waals surface area contributed by atoms with Gasteiger partial charge in [0.25, 0.3) is 0 Å². The van der Waals surface area contributed by atoms with Crippen LogP contribution in [0, 0.1) is 0 Å². The monoisotopic (exact) mass is 328 g/mol. The first-order valence-electron chi connectivity index (χ1n) is 6.98. The fraction of sp³-hybridized carbons (Fsp3) is 0.118. The Balaban J connectivity index is 1.72. The summed E-state index contributed by atoms with van der Waals surface area (Å²) in [6.07, 6.45) is 1.85. The Morgan fingerprint density at radius 2 is 1.78 bits per heavy atom. The molecular formula is C17H16N2O3S. The third kappa shape index (κ3) is 5.96. The van der Waals surface area contributed by atoms with Crippen molar-refractivity contribution in [1.82, 2.24) is 5.43 Å². The minimum atomic E-state index is -0.974. The molecule has 0 aliphatic carbocycles. The number of benzene rings is 2. The second-order valence-electron chi connectivity index (χ2n) is 4.63. The zero-order chi connectivity index (χ0) is 16.5. The van der Waals surface area contributed by atoms with Gasteiger partial charge in [0.15, 0.2) is 0 Å². The predicted molar refractivity (Wildman–Crippen MR) is 90.9 cm³/mol. The van der Waals surface area contributed by atoms with E-state index in [0.717, 1.165) is 4.90 Å². The Kier molecular flexibility index (Phi) is 6.38. The van der Waals surface area contributed by atoms with E-state index in [1.165, 1.54) is 18.3 Å². The van der Waals surface area contributed by atoms with E-state index in [9.17, 15) is 9.59 Å². The first-order chi connectivity index (χ1) is 11.1. The molecule has 0 unspecified atom stereocenters. The number of rotatable bonds is 7. The Hall–Kier alpha value is -2.60. The lowest BCUT2D eigenvalue weighted by molar-refractivity contribution is -0.120. The van der Waals surface area contributed by atoms with Crippen molar-refractivity contribution in [1.29, 1.82) is 0 Å². The Bertz CT molecular complexity index is 685. The van der Waals surface area contributed by atoms with Crippen LogP contribution < -0.4 is 5.43 Å². The number of nitrogens with zero attached hydrogens (tertiary/aromatic N) is 1. The Labute approximate surface area is 138 Å². The van der Waals surface area contributed by atoms with Crippen LogP contribution in [0.4, 0.5) is 0 Å². The summed E-state index contributed by atoms with van der Waals surface area (Å²) in [5, 5.41) is 12.7. The fourth-order valence-electron chi connectivity index (χ4n) is 1.72. The second-order valence-corrected chi connectivity index (χ2v) is 5.80. The second kappa shape index (κ2) is 8.75. The molecule has 0 spiro atoms. The van der Waals surface area contributed by atoms with Crippen LogP contribution in [0.25, 0.3) is 0 Å². The van der Waals surface area contributed by atoms with E-state index in [1.807, 2.05) is 30.3 Å². The molecule has 2 aromatic carbocycles. The minimum absolute atomic E-state index is 0.160.